The molecule has 0 bridgehead atoms. The van der Waals surface area contributed by atoms with E-state index in [-0.39, 0.29) is 102 Å². The van der Waals surface area contributed by atoms with Crippen molar-refractivity contribution in [2.24, 2.45) is 0 Å². The summed E-state index contributed by atoms with van der Waals surface area (Å²) in [4.78, 5) is 0. The van der Waals surface area contributed by atoms with Crippen molar-refractivity contribution in [3.8, 4) is 0 Å². The maximum Gasteiger partial charge on any atom is 2.00 e. The van der Waals surface area contributed by atoms with Crippen LogP contribution >= 0.6 is 0 Å². The van der Waals surface area contributed by atoms with Crippen LogP contribution in [0.1, 0.15) is 37.5 Å². The summed E-state index contributed by atoms with van der Waals surface area (Å²) in [6.07, 6.45) is 3.38. The van der Waals surface area contributed by atoms with Crippen molar-refractivity contribution >= 4 is 32.3 Å². The van der Waals surface area contributed by atoms with Gasteiger partial charge in [-0.2, -0.15) is 52.6 Å². The van der Waals surface area contributed by atoms with Crippen LogP contribution < -0.4 is 37.2 Å². The van der Waals surface area contributed by atoms with E-state index in [0.717, 1.165) is 19.3 Å². The average Bonchev–Trinajstić information content (AvgIpc) is 3.63. The van der Waals surface area contributed by atoms with E-state index in [2.05, 4.69) is 130 Å². The maximum absolute atomic E-state index is 2.26. The molecule has 0 atom stereocenters. The largest absolute Gasteiger partial charge is 2.00 e. The second-order valence-electron chi connectivity index (χ2n) is 8.53. The Bertz CT molecular complexity index is 1270. The van der Waals surface area contributed by atoms with Crippen LogP contribution in [-0.4, -0.2) is 0 Å². The summed E-state index contributed by atoms with van der Waals surface area (Å²) in [5.74, 6) is 0. The van der Waals surface area contributed by atoms with Crippen LogP contribution in [-0.2, 0) is 84.4 Å². The van der Waals surface area contributed by atoms with Crippen molar-refractivity contribution in [3.05, 3.63) is 126 Å². The minimum Gasteiger partial charge on any atom is -1.00 e. The van der Waals surface area contributed by atoms with Crippen LogP contribution in [0.5, 0.6) is 0 Å². The first-order valence-electron chi connectivity index (χ1n) is 12.1. The van der Waals surface area contributed by atoms with E-state index in [1.54, 1.807) is 0 Å². The predicted octanol–water partition coefficient (Wildman–Crippen LogP) is 0.368. The number of hydrogen-bond donors (Lipinski definition) is 0. The van der Waals surface area contributed by atoms with Crippen LogP contribution in [0.15, 0.2) is 109 Å². The first-order valence-corrected chi connectivity index (χ1v) is 12.1. The van der Waals surface area contributed by atoms with Crippen molar-refractivity contribution in [3.63, 3.8) is 0 Å². The minimum atomic E-state index is 0. The van der Waals surface area contributed by atoms with Gasteiger partial charge in [-0.05, 0) is 19.3 Å². The third-order valence-electron chi connectivity index (χ3n) is 6.33. The Morgan fingerprint density at radius 3 is 0.897 bits per heavy atom. The van der Waals surface area contributed by atoms with E-state index in [0.29, 0.717) is 0 Å². The van der Waals surface area contributed by atoms with Crippen LogP contribution in [0.4, 0.5) is 0 Å². The molecule has 39 heavy (non-hydrogen) atoms. The van der Waals surface area contributed by atoms with Gasteiger partial charge in [0.25, 0.3) is 0 Å². The van der Waals surface area contributed by atoms with Gasteiger partial charge in [-0.3, -0.25) is 0 Å². The molecule has 6 aromatic rings. The van der Waals surface area contributed by atoms with Gasteiger partial charge in [-0.15, -0.1) is 89.0 Å². The number of aryl methyl sites for hydroxylation is 3. The van der Waals surface area contributed by atoms with Crippen LogP contribution in [0, 0.1) is 0 Å². The van der Waals surface area contributed by atoms with Crippen molar-refractivity contribution in [1.29, 1.82) is 0 Å². The van der Waals surface area contributed by atoms with E-state index in [1.807, 2.05) is 0 Å². The van der Waals surface area contributed by atoms with Crippen molar-refractivity contribution in [2.45, 2.75) is 40.0 Å². The number of fused-ring (bicyclic) bond motifs is 3. The van der Waals surface area contributed by atoms with Crippen LogP contribution in [0.3, 0.4) is 0 Å². The maximum atomic E-state index is 2.26. The molecule has 0 aliphatic heterocycles. The van der Waals surface area contributed by atoms with Crippen LogP contribution in [0.25, 0.3) is 32.3 Å². The Morgan fingerprint density at radius 2 is 0.667 bits per heavy atom. The number of halogens is 3. The molecule has 0 aliphatic rings. The number of rotatable bonds is 3. The monoisotopic (exact) mass is 678 g/mol. The van der Waals surface area contributed by atoms with Gasteiger partial charge in [0.15, 0.2) is 0 Å². The van der Waals surface area contributed by atoms with E-state index in [4.69, 9.17) is 0 Å². The molecular weight excluding hydrogens is 646 g/mol. The summed E-state index contributed by atoms with van der Waals surface area (Å²) in [6.45, 7) is 6.55. The van der Waals surface area contributed by atoms with Gasteiger partial charge in [0.2, 0.25) is 0 Å². The van der Waals surface area contributed by atoms with Gasteiger partial charge >= 0.3 is 65.2 Å². The van der Waals surface area contributed by atoms with E-state index in [1.165, 1.54) is 49.0 Å². The quantitative estimate of drug-likeness (QED) is 0.188. The molecule has 0 N–H and O–H groups in total. The van der Waals surface area contributed by atoms with Crippen molar-refractivity contribution in [1.82, 2.24) is 0 Å². The smallest absolute Gasteiger partial charge is 1.00 e. The predicted molar refractivity (Wildman–Crippen MR) is 147 cm³/mol. The van der Waals surface area contributed by atoms with Gasteiger partial charge in [-0.25, -0.2) is 0 Å². The van der Waals surface area contributed by atoms with Crippen molar-refractivity contribution < 1.29 is 102 Å². The molecule has 6 rings (SSSR count). The fraction of sp³-hybridized carbons (Fsp3) is 0.182. The Balaban J connectivity index is -0.000000463. The summed E-state index contributed by atoms with van der Waals surface area (Å²) in [6, 6.07) is 39.2. The van der Waals surface area contributed by atoms with Gasteiger partial charge in [0.05, 0.1) is 0 Å². The van der Waals surface area contributed by atoms with Gasteiger partial charge < -0.3 is 37.2 Å². The molecule has 0 aromatic heterocycles. The van der Waals surface area contributed by atoms with Crippen molar-refractivity contribution in [2.75, 3.05) is 0 Å². The fourth-order valence-electron chi connectivity index (χ4n) is 4.19. The normalized spacial score (nSPS) is 9.00. The van der Waals surface area contributed by atoms with E-state index < -0.39 is 0 Å². The van der Waals surface area contributed by atoms with Gasteiger partial charge in [0, 0.05) is 0 Å². The zero-order valence-electron chi connectivity index (χ0n) is 22.6. The molecule has 6 heteroatoms. The molecule has 0 nitrogen and oxygen atoms in total. The molecule has 0 saturated carbocycles. The molecule has 0 heterocycles. The second kappa shape index (κ2) is 22.1. The Labute approximate surface area is 297 Å². The third-order valence-corrected chi connectivity index (χ3v) is 6.33. The van der Waals surface area contributed by atoms with Gasteiger partial charge in [0.1, 0.15) is 0 Å². The molecule has 6 aromatic carbocycles. The molecular formula is C33H33Cl3Ti3. The fourth-order valence-corrected chi connectivity index (χ4v) is 4.19. The topological polar surface area (TPSA) is 0 Å². The Hall–Kier alpha value is -0.497. The molecule has 198 valence electrons. The van der Waals surface area contributed by atoms with E-state index in [9.17, 15) is 0 Å². The molecule has 0 fully saturated rings. The Morgan fingerprint density at radius 1 is 0.410 bits per heavy atom. The molecule has 0 saturated heterocycles. The summed E-state index contributed by atoms with van der Waals surface area (Å²) in [5, 5.41) is 8.14. The SMILES string of the molecule is CCc1ccc2[cH-]ccc2c1.CCc1ccc2[cH-]ccc2c1.CCc1ccc2[cH-]ccc2c1.[Cl-].[Cl-].[Cl-].[Ti+2].[Ti+2].[Ti+2]. The molecule has 0 aliphatic carbocycles. The number of hydrogen-bond acceptors (Lipinski definition) is 0. The first-order chi connectivity index (χ1) is 16.2. The second-order valence-corrected chi connectivity index (χ2v) is 8.53. The summed E-state index contributed by atoms with van der Waals surface area (Å²) in [5.41, 5.74) is 4.26. The van der Waals surface area contributed by atoms with Crippen LogP contribution in [0.2, 0.25) is 0 Å². The summed E-state index contributed by atoms with van der Waals surface area (Å²) in [7, 11) is 0. The minimum absolute atomic E-state index is 0. The molecule has 0 spiro atoms. The molecule has 0 amide bonds. The Kier molecular flexibility index (Phi) is 24.4. The zero-order chi connectivity index (χ0) is 23.0. The third kappa shape index (κ3) is 12.1. The zero-order valence-corrected chi connectivity index (χ0v) is 29.6. The molecule has 0 unspecified atom stereocenters. The van der Waals surface area contributed by atoms with Gasteiger partial charge in [-0.1, -0.05) is 37.5 Å². The molecule has 0 radical (unpaired) electrons. The standard InChI is InChI=1S/3C11H11.3ClH.3Ti/c3*1-2-9-6-7-10-4-3-5-11(10)8-9;;;;;;/h3*3-8H,2H2,1H3;3*1H;;;/q3*-1;;;;3*+2/p-3. The first kappa shape index (κ1) is 43.0. The average molecular weight is 680 g/mol. The summed E-state index contributed by atoms with van der Waals surface area (Å²) < 4.78 is 0. The number of benzene rings is 3. The summed E-state index contributed by atoms with van der Waals surface area (Å²) >= 11 is 0. The van der Waals surface area contributed by atoms with E-state index >= 15 is 0 Å².